The molecule has 6 heteroatoms. The number of aromatic nitrogens is 1. The minimum absolute atomic E-state index is 0. The van der Waals surface area contributed by atoms with Gasteiger partial charge in [0.25, 0.3) is 5.91 Å². The molecule has 0 aliphatic carbocycles. The molecule has 24 heavy (non-hydrogen) atoms. The molecule has 2 heterocycles. The molecule has 0 radical (unpaired) electrons. The molecular formula is C18H23Cl2N3O. The summed E-state index contributed by atoms with van der Waals surface area (Å²) in [7, 11) is 0. The summed E-state index contributed by atoms with van der Waals surface area (Å²) in [6, 6.07) is 14.0. The summed E-state index contributed by atoms with van der Waals surface area (Å²) in [6.07, 6.45) is 1.75. The zero-order valence-corrected chi connectivity index (χ0v) is 15.3. The molecule has 4 nitrogen and oxygen atoms in total. The number of nitrogens with zero attached hydrogens (tertiary/aromatic N) is 2. The first-order valence-corrected chi connectivity index (χ1v) is 7.73. The average Bonchev–Trinajstić information content (AvgIpc) is 2.56. The first-order chi connectivity index (χ1) is 10.6. The normalized spacial score (nSPS) is 14.5. The smallest absolute Gasteiger partial charge is 0.255 e. The molecule has 0 spiro atoms. The van der Waals surface area contributed by atoms with Crippen LogP contribution in [0.1, 0.15) is 28.9 Å². The van der Waals surface area contributed by atoms with Crippen molar-refractivity contribution < 1.29 is 4.79 Å². The molecule has 0 unspecified atom stereocenters. The number of hydrogen-bond acceptors (Lipinski definition) is 3. The van der Waals surface area contributed by atoms with Gasteiger partial charge >= 0.3 is 0 Å². The Labute approximate surface area is 155 Å². The zero-order chi connectivity index (χ0) is 15.5. The van der Waals surface area contributed by atoms with Crippen molar-refractivity contribution in [1.29, 1.82) is 0 Å². The highest BCUT2D eigenvalue weighted by atomic mass is 35.5. The Hall–Kier alpha value is -1.62. The monoisotopic (exact) mass is 367 g/mol. The quantitative estimate of drug-likeness (QED) is 0.883. The predicted molar refractivity (Wildman–Crippen MR) is 102 cm³/mol. The number of pyridine rings is 1. The minimum atomic E-state index is 0. The standard InChI is InChI=1S/C18H21N3O.2ClH/c1-13-16(18(22)21-11-9-15(19)10-12-21)7-8-17(20-13)14-5-3-2-4-6-14;;/h2-8,15H,9-12,19H2,1H3;2*1H. The topological polar surface area (TPSA) is 59.2 Å². The molecule has 1 aliphatic rings. The third-order valence-corrected chi connectivity index (χ3v) is 4.21. The van der Waals surface area contributed by atoms with Crippen LogP contribution in [-0.2, 0) is 0 Å². The van der Waals surface area contributed by atoms with Crippen LogP contribution >= 0.6 is 24.8 Å². The van der Waals surface area contributed by atoms with Gasteiger partial charge in [0.05, 0.1) is 17.0 Å². The summed E-state index contributed by atoms with van der Waals surface area (Å²) in [5.74, 6) is 0.0662. The number of nitrogens with two attached hydrogens (primary N) is 1. The molecule has 2 N–H and O–H groups in total. The molecule has 1 aromatic heterocycles. The lowest BCUT2D eigenvalue weighted by Gasteiger charge is -2.30. The van der Waals surface area contributed by atoms with Gasteiger partial charge in [-0.1, -0.05) is 30.3 Å². The third-order valence-electron chi connectivity index (χ3n) is 4.21. The molecule has 3 rings (SSSR count). The number of benzene rings is 1. The number of aryl methyl sites for hydroxylation is 1. The van der Waals surface area contributed by atoms with Crippen LogP contribution in [0, 0.1) is 6.92 Å². The van der Waals surface area contributed by atoms with E-state index in [0.29, 0.717) is 5.56 Å². The van der Waals surface area contributed by atoms with Crippen molar-refractivity contribution in [3.63, 3.8) is 0 Å². The number of halogens is 2. The summed E-state index contributed by atoms with van der Waals surface area (Å²) >= 11 is 0. The number of carbonyl (C=O) groups is 1. The summed E-state index contributed by atoms with van der Waals surface area (Å²) < 4.78 is 0. The van der Waals surface area contributed by atoms with Crippen LogP contribution in [-0.4, -0.2) is 34.9 Å². The maximum absolute atomic E-state index is 12.6. The summed E-state index contributed by atoms with van der Waals surface area (Å²) in [4.78, 5) is 19.1. The first kappa shape index (κ1) is 20.4. The largest absolute Gasteiger partial charge is 0.338 e. The van der Waals surface area contributed by atoms with E-state index in [1.54, 1.807) is 0 Å². The Morgan fingerprint density at radius 3 is 2.29 bits per heavy atom. The Morgan fingerprint density at radius 2 is 1.71 bits per heavy atom. The maximum atomic E-state index is 12.6. The summed E-state index contributed by atoms with van der Waals surface area (Å²) in [5, 5.41) is 0. The fraction of sp³-hybridized carbons (Fsp3) is 0.333. The highest BCUT2D eigenvalue weighted by molar-refractivity contribution is 5.95. The Morgan fingerprint density at radius 1 is 1.08 bits per heavy atom. The van der Waals surface area contributed by atoms with Crippen LogP contribution < -0.4 is 5.73 Å². The second kappa shape index (κ2) is 9.02. The van der Waals surface area contributed by atoms with Gasteiger partial charge in [-0.25, -0.2) is 0 Å². The summed E-state index contributed by atoms with van der Waals surface area (Å²) in [6.45, 7) is 3.37. The second-order valence-corrected chi connectivity index (χ2v) is 5.83. The van der Waals surface area contributed by atoms with E-state index < -0.39 is 0 Å². The number of amides is 1. The fourth-order valence-corrected chi connectivity index (χ4v) is 2.83. The van der Waals surface area contributed by atoms with Crippen LogP contribution in [0.2, 0.25) is 0 Å². The number of rotatable bonds is 2. The van der Waals surface area contributed by atoms with Gasteiger partial charge in [-0.3, -0.25) is 9.78 Å². The van der Waals surface area contributed by atoms with E-state index in [1.807, 2.05) is 54.3 Å². The Balaban J connectivity index is 0.00000144. The molecule has 1 saturated heterocycles. The van der Waals surface area contributed by atoms with Crippen LogP contribution in [0.25, 0.3) is 11.3 Å². The minimum Gasteiger partial charge on any atom is -0.338 e. The lowest BCUT2D eigenvalue weighted by Crippen LogP contribution is -2.43. The SMILES string of the molecule is Cc1nc(-c2ccccc2)ccc1C(=O)N1CCC(N)CC1.Cl.Cl. The average molecular weight is 368 g/mol. The van der Waals surface area contributed by atoms with Gasteiger partial charge in [0.2, 0.25) is 0 Å². The third kappa shape index (κ3) is 4.47. The van der Waals surface area contributed by atoms with Gasteiger partial charge in [-0.05, 0) is 31.9 Å². The van der Waals surface area contributed by atoms with E-state index in [2.05, 4.69) is 4.98 Å². The van der Waals surface area contributed by atoms with Crippen molar-refractivity contribution >= 4 is 30.7 Å². The van der Waals surface area contributed by atoms with Gasteiger partial charge in [-0.15, -0.1) is 24.8 Å². The van der Waals surface area contributed by atoms with E-state index in [4.69, 9.17) is 5.73 Å². The molecular weight excluding hydrogens is 345 g/mol. The molecule has 2 aromatic rings. The van der Waals surface area contributed by atoms with Crippen molar-refractivity contribution in [1.82, 2.24) is 9.88 Å². The Bertz CT molecular complexity index is 671. The molecule has 0 bridgehead atoms. The molecule has 130 valence electrons. The molecule has 1 fully saturated rings. The van der Waals surface area contributed by atoms with Crippen LogP contribution in [0.3, 0.4) is 0 Å². The van der Waals surface area contributed by atoms with Crippen LogP contribution in [0.15, 0.2) is 42.5 Å². The van der Waals surface area contributed by atoms with Gasteiger partial charge in [0.15, 0.2) is 0 Å². The zero-order valence-electron chi connectivity index (χ0n) is 13.6. The van der Waals surface area contributed by atoms with Crippen LogP contribution in [0.4, 0.5) is 0 Å². The van der Waals surface area contributed by atoms with E-state index >= 15 is 0 Å². The van der Waals surface area contributed by atoms with Crippen molar-refractivity contribution in [2.45, 2.75) is 25.8 Å². The van der Waals surface area contributed by atoms with E-state index in [1.165, 1.54) is 0 Å². The molecule has 1 aliphatic heterocycles. The molecule has 0 atom stereocenters. The van der Waals surface area contributed by atoms with E-state index in [9.17, 15) is 4.79 Å². The van der Waals surface area contributed by atoms with E-state index in [-0.39, 0.29) is 36.8 Å². The van der Waals surface area contributed by atoms with Gasteiger partial charge < -0.3 is 10.6 Å². The Kier molecular flexibility index (Phi) is 7.67. The second-order valence-electron chi connectivity index (χ2n) is 5.83. The lowest BCUT2D eigenvalue weighted by atomic mass is 10.0. The summed E-state index contributed by atoms with van der Waals surface area (Å²) in [5.41, 5.74) is 9.33. The lowest BCUT2D eigenvalue weighted by molar-refractivity contribution is 0.0713. The number of hydrogen-bond donors (Lipinski definition) is 1. The van der Waals surface area contributed by atoms with Crippen molar-refractivity contribution in [3.05, 3.63) is 53.7 Å². The molecule has 0 saturated carbocycles. The number of piperidine rings is 1. The van der Waals surface area contributed by atoms with Gasteiger partial charge in [0.1, 0.15) is 0 Å². The predicted octanol–water partition coefficient (Wildman–Crippen LogP) is 3.46. The molecule has 1 amide bonds. The van der Waals surface area contributed by atoms with Crippen molar-refractivity contribution in [3.8, 4) is 11.3 Å². The highest BCUT2D eigenvalue weighted by Gasteiger charge is 2.23. The molecule has 1 aromatic carbocycles. The first-order valence-electron chi connectivity index (χ1n) is 7.73. The van der Waals surface area contributed by atoms with E-state index in [0.717, 1.165) is 42.9 Å². The van der Waals surface area contributed by atoms with Crippen LogP contribution in [0.5, 0.6) is 0 Å². The maximum Gasteiger partial charge on any atom is 0.255 e. The van der Waals surface area contributed by atoms with Crippen molar-refractivity contribution in [2.24, 2.45) is 5.73 Å². The highest BCUT2D eigenvalue weighted by Crippen LogP contribution is 2.20. The van der Waals surface area contributed by atoms with Gasteiger partial charge in [-0.2, -0.15) is 0 Å². The fourth-order valence-electron chi connectivity index (χ4n) is 2.83. The number of likely N-dealkylation sites (tertiary alicyclic amines) is 1. The van der Waals surface area contributed by atoms with Gasteiger partial charge in [0, 0.05) is 24.7 Å². The van der Waals surface area contributed by atoms with Crippen molar-refractivity contribution in [2.75, 3.05) is 13.1 Å². The number of carbonyl (C=O) groups excluding carboxylic acids is 1.